The van der Waals surface area contributed by atoms with Gasteiger partial charge in [0.2, 0.25) is 6.10 Å². The van der Waals surface area contributed by atoms with E-state index in [0.29, 0.717) is 24.3 Å². The Morgan fingerprint density at radius 1 is 1.11 bits per heavy atom. The minimum Gasteiger partial charge on any atom is -0.443 e. The van der Waals surface area contributed by atoms with E-state index in [0.717, 1.165) is 18.4 Å². The molecule has 1 fully saturated rings. The van der Waals surface area contributed by atoms with Crippen LogP contribution in [0.3, 0.4) is 0 Å². The molecule has 1 unspecified atom stereocenters. The first-order valence-electron chi connectivity index (χ1n) is 9.12. The lowest BCUT2D eigenvalue weighted by Crippen LogP contribution is -2.34. The van der Waals surface area contributed by atoms with Crippen LogP contribution >= 0.6 is 0 Å². The van der Waals surface area contributed by atoms with Crippen molar-refractivity contribution in [3.05, 3.63) is 71.7 Å². The van der Waals surface area contributed by atoms with E-state index >= 15 is 0 Å². The molecule has 3 aromatic rings. The van der Waals surface area contributed by atoms with Crippen molar-refractivity contribution in [1.29, 1.82) is 0 Å². The smallest absolute Gasteiger partial charge is 0.359 e. The minimum atomic E-state index is -0.955. The molecule has 0 radical (unpaired) electrons. The maximum absolute atomic E-state index is 13.0. The van der Waals surface area contributed by atoms with Gasteiger partial charge in [0.25, 0.3) is 5.91 Å². The van der Waals surface area contributed by atoms with Gasteiger partial charge in [0, 0.05) is 31.0 Å². The summed E-state index contributed by atoms with van der Waals surface area (Å²) in [5, 5.41) is 0. The molecular formula is C21H21N3O3. The fourth-order valence-electron chi connectivity index (χ4n) is 3.34. The Morgan fingerprint density at radius 3 is 2.59 bits per heavy atom. The lowest BCUT2D eigenvalue weighted by molar-refractivity contribution is -0.140. The monoisotopic (exact) mass is 363 g/mol. The van der Waals surface area contributed by atoms with E-state index in [1.807, 2.05) is 43.5 Å². The number of imidazole rings is 1. The molecule has 138 valence electrons. The number of fused-ring (bicyclic) bond motifs is 1. The zero-order valence-electron chi connectivity index (χ0n) is 15.2. The number of amides is 1. The van der Waals surface area contributed by atoms with Crippen molar-refractivity contribution in [3.63, 3.8) is 0 Å². The van der Waals surface area contributed by atoms with Crippen molar-refractivity contribution in [3.8, 4) is 0 Å². The summed E-state index contributed by atoms with van der Waals surface area (Å²) in [6, 6.07) is 13.0. The lowest BCUT2D eigenvalue weighted by Gasteiger charge is -2.23. The molecule has 6 heteroatoms. The molecule has 1 saturated heterocycles. The Balaban J connectivity index is 1.61. The second-order valence-electron chi connectivity index (χ2n) is 6.82. The molecule has 0 spiro atoms. The van der Waals surface area contributed by atoms with Gasteiger partial charge in [0.05, 0.1) is 0 Å². The van der Waals surface area contributed by atoms with Crippen LogP contribution in [0.4, 0.5) is 0 Å². The summed E-state index contributed by atoms with van der Waals surface area (Å²) < 4.78 is 7.42. The van der Waals surface area contributed by atoms with Crippen LogP contribution in [0.15, 0.2) is 54.9 Å². The van der Waals surface area contributed by atoms with Gasteiger partial charge in [-0.1, -0.05) is 30.3 Å². The quantitative estimate of drug-likeness (QED) is 0.668. The number of esters is 1. The minimum absolute atomic E-state index is 0.174. The molecule has 27 heavy (non-hydrogen) atoms. The van der Waals surface area contributed by atoms with Crippen LogP contribution in [0, 0.1) is 6.92 Å². The number of likely N-dealkylation sites (tertiary alicyclic amines) is 1. The first-order valence-corrected chi connectivity index (χ1v) is 9.12. The number of hydrogen-bond acceptors (Lipinski definition) is 4. The highest BCUT2D eigenvalue weighted by atomic mass is 16.5. The van der Waals surface area contributed by atoms with Crippen molar-refractivity contribution in [2.45, 2.75) is 25.9 Å². The van der Waals surface area contributed by atoms with Gasteiger partial charge >= 0.3 is 5.97 Å². The van der Waals surface area contributed by atoms with Crippen LogP contribution in [0.2, 0.25) is 0 Å². The number of nitrogens with zero attached hydrogens (tertiary/aromatic N) is 3. The van der Waals surface area contributed by atoms with Gasteiger partial charge in [-0.25, -0.2) is 9.78 Å². The van der Waals surface area contributed by atoms with Crippen LogP contribution in [0.1, 0.15) is 40.6 Å². The van der Waals surface area contributed by atoms with Gasteiger partial charge in [-0.3, -0.25) is 4.79 Å². The molecule has 1 amide bonds. The average Bonchev–Trinajstić information content (AvgIpc) is 3.35. The summed E-state index contributed by atoms with van der Waals surface area (Å²) in [7, 11) is 0. The van der Waals surface area contributed by atoms with E-state index in [1.54, 1.807) is 27.6 Å². The third kappa shape index (κ3) is 3.56. The number of pyridine rings is 1. The fraction of sp³-hybridized carbons (Fsp3) is 0.286. The number of ether oxygens (including phenoxy) is 1. The summed E-state index contributed by atoms with van der Waals surface area (Å²) in [6.07, 6.45) is 4.47. The highest BCUT2D eigenvalue weighted by Gasteiger charge is 2.31. The SMILES string of the molecule is Cc1ccn2cc(C(=O)OC(C(=O)N3CCCC3)c3ccccc3)nc2c1. The molecule has 4 rings (SSSR count). The van der Waals surface area contributed by atoms with Gasteiger partial charge in [-0.2, -0.15) is 0 Å². The van der Waals surface area contributed by atoms with Gasteiger partial charge in [0.1, 0.15) is 5.65 Å². The summed E-state index contributed by atoms with van der Waals surface area (Å²) in [4.78, 5) is 31.8. The molecule has 1 aliphatic heterocycles. The van der Waals surface area contributed by atoms with Crippen molar-refractivity contribution in [1.82, 2.24) is 14.3 Å². The van der Waals surface area contributed by atoms with E-state index in [2.05, 4.69) is 4.98 Å². The van der Waals surface area contributed by atoms with Gasteiger partial charge in [0.15, 0.2) is 5.69 Å². The molecule has 2 aromatic heterocycles. The van der Waals surface area contributed by atoms with Crippen molar-refractivity contribution in [2.24, 2.45) is 0 Å². The van der Waals surface area contributed by atoms with Crippen LogP contribution in [0.5, 0.6) is 0 Å². The number of carbonyl (C=O) groups is 2. The molecule has 0 N–H and O–H groups in total. The lowest BCUT2D eigenvalue weighted by atomic mass is 10.1. The van der Waals surface area contributed by atoms with Crippen LogP contribution in [-0.2, 0) is 9.53 Å². The highest BCUT2D eigenvalue weighted by molar-refractivity contribution is 5.91. The second-order valence-corrected chi connectivity index (χ2v) is 6.82. The summed E-state index contributed by atoms with van der Waals surface area (Å²) in [5.74, 6) is -0.774. The van der Waals surface area contributed by atoms with Gasteiger partial charge in [-0.05, 0) is 37.5 Å². The fourth-order valence-corrected chi connectivity index (χ4v) is 3.34. The Labute approximate surface area is 157 Å². The summed E-state index contributed by atoms with van der Waals surface area (Å²) in [6.45, 7) is 3.37. The zero-order valence-corrected chi connectivity index (χ0v) is 15.2. The van der Waals surface area contributed by atoms with Crippen molar-refractivity contribution in [2.75, 3.05) is 13.1 Å². The first kappa shape index (κ1) is 17.3. The first-order chi connectivity index (χ1) is 13.1. The summed E-state index contributed by atoms with van der Waals surface area (Å²) in [5.41, 5.74) is 2.58. The third-order valence-corrected chi connectivity index (χ3v) is 4.79. The van der Waals surface area contributed by atoms with E-state index < -0.39 is 12.1 Å². The normalized spacial score (nSPS) is 15.1. The average molecular weight is 363 g/mol. The van der Waals surface area contributed by atoms with Crippen LogP contribution < -0.4 is 0 Å². The van der Waals surface area contributed by atoms with Crippen LogP contribution in [0.25, 0.3) is 5.65 Å². The number of hydrogen-bond donors (Lipinski definition) is 0. The summed E-state index contributed by atoms with van der Waals surface area (Å²) >= 11 is 0. The third-order valence-electron chi connectivity index (χ3n) is 4.79. The second kappa shape index (κ2) is 7.23. The van der Waals surface area contributed by atoms with E-state index in [-0.39, 0.29) is 11.6 Å². The molecule has 6 nitrogen and oxygen atoms in total. The molecule has 1 aliphatic rings. The van der Waals surface area contributed by atoms with Gasteiger partial charge in [-0.15, -0.1) is 0 Å². The Hall–Kier alpha value is -3.15. The largest absolute Gasteiger partial charge is 0.443 e. The highest BCUT2D eigenvalue weighted by Crippen LogP contribution is 2.24. The number of carbonyl (C=O) groups excluding carboxylic acids is 2. The standard InChI is InChI=1S/C21H21N3O3/c1-15-9-12-24-14-17(22-18(24)13-15)21(26)27-19(16-7-3-2-4-8-16)20(25)23-10-5-6-11-23/h2-4,7-9,12-14,19H,5-6,10-11H2,1H3. The predicted octanol–water partition coefficient (Wildman–Crippen LogP) is 3.16. The van der Waals surface area contributed by atoms with E-state index in [4.69, 9.17) is 4.74 Å². The van der Waals surface area contributed by atoms with Crippen LogP contribution in [-0.4, -0.2) is 39.3 Å². The molecule has 3 heterocycles. The van der Waals surface area contributed by atoms with E-state index in [9.17, 15) is 9.59 Å². The van der Waals surface area contributed by atoms with Crippen molar-refractivity contribution < 1.29 is 14.3 Å². The predicted molar refractivity (Wildman–Crippen MR) is 100 cm³/mol. The van der Waals surface area contributed by atoms with E-state index in [1.165, 1.54) is 0 Å². The van der Waals surface area contributed by atoms with Crippen molar-refractivity contribution >= 4 is 17.5 Å². The molecule has 0 saturated carbocycles. The topological polar surface area (TPSA) is 63.9 Å². The maximum atomic E-state index is 13.0. The molecular weight excluding hydrogens is 342 g/mol. The Bertz CT molecular complexity index is 975. The van der Waals surface area contributed by atoms with Gasteiger partial charge < -0.3 is 14.0 Å². The Kier molecular flexibility index (Phi) is 4.62. The Morgan fingerprint density at radius 2 is 1.85 bits per heavy atom. The maximum Gasteiger partial charge on any atom is 0.359 e. The number of rotatable bonds is 4. The molecule has 0 bridgehead atoms. The molecule has 0 aliphatic carbocycles. The molecule has 1 aromatic carbocycles. The number of benzene rings is 1. The molecule has 1 atom stereocenters. The zero-order chi connectivity index (χ0) is 18.8. The number of aryl methyl sites for hydroxylation is 1. The number of aromatic nitrogens is 2.